The lowest BCUT2D eigenvalue weighted by molar-refractivity contribution is 0.0527. The standard InChI is InChI=1S/C17H18N2O2/c1-3-5-6-8-12-9-7-10-13-15(18)14(11-19-16(12)13)17(20)21-4-2/h7,9-11H,4,6,8H2,1-2H3,(H2,18,19). The van der Waals surface area contributed by atoms with Crippen LogP contribution in [0.1, 0.15) is 36.2 Å². The van der Waals surface area contributed by atoms with E-state index in [4.69, 9.17) is 10.5 Å². The number of fused-ring (bicyclic) bond motifs is 1. The molecular formula is C17H18N2O2. The van der Waals surface area contributed by atoms with Crippen LogP contribution in [-0.2, 0) is 11.2 Å². The summed E-state index contributed by atoms with van der Waals surface area (Å²) < 4.78 is 4.99. The molecule has 0 saturated carbocycles. The molecule has 1 heterocycles. The minimum Gasteiger partial charge on any atom is -0.462 e. The van der Waals surface area contributed by atoms with E-state index in [-0.39, 0.29) is 0 Å². The molecule has 0 bridgehead atoms. The summed E-state index contributed by atoms with van der Waals surface area (Å²) in [4.78, 5) is 16.2. The summed E-state index contributed by atoms with van der Waals surface area (Å²) >= 11 is 0. The molecule has 1 aromatic heterocycles. The molecule has 0 atom stereocenters. The number of aryl methyl sites for hydroxylation is 1. The number of esters is 1. The van der Waals surface area contributed by atoms with Crippen molar-refractivity contribution in [3.05, 3.63) is 35.5 Å². The molecule has 0 fully saturated rings. The second-order valence-corrected chi connectivity index (χ2v) is 4.55. The van der Waals surface area contributed by atoms with E-state index in [2.05, 4.69) is 16.8 Å². The van der Waals surface area contributed by atoms with E-state index in [9.17, 15) is 4.79 Å². The first-order valence-corrected chi connectivity index (χ1v) is 6.91. The average molecular weight is 282 g/mol. The van der Waals surface area contributed by atoms with Gasteiger partial charge in [0, 0.05) is 18.0 Å². The van der Waals surface area contributed by atoms with Crippen molar-refractivity contribution in [2.75, 3.05) is 12.3 Å². The fourth-order valence-corrected chi connectivity index (χ4v) is 2.20. The number of pyridine rings is 1. The summed E-state index contributed by atoms with van der Waals surface area (Å²) in [5.74, 6) is 5.48. The number of hydrogen-bond acceptors (Lipinski definition) is 4. The maximum atomic E-state index is 11.8. The van der Waals surface area contributed by atoms with Crippen LogP contribution in [0.4, 0.5) is 5.69 Å². The zero-order valence-electron chi connectivity index (χ0n) is 12.3. The maximum absolute atomic E-state index is 11.8. The number of hydrogen-bond donors (Lipinski definition) is 1. The summed E-state index contributed by atoms with van der Waals surface area (Å²) in [6.45, 7) is 3.90. The van der Waals surface area contributed by atoms with E-state index in [0.717, 1.165) is 29.3 Å². The van der Waals surface area contributed by atoms with Gasteiger partial charge in [-0.1, -0.05) is 18.2 Å². The van der Waals surface area contributed by atoms with Crippen LogP contribution >= 0.6 is 0 Å². The number of carbonyl (C=O) groups is 1. The molecular weight excluding hydrogens is 264 g/mol. The van der Waals surface area contributed by atoms with E-state index in [1.807, 2.05) is 25.1 Å². The number of anilines is 1. The number of nitrogens with two attached hydrogens (primary N) is 1. The van der Waals surface area contributed by atoms with Gasteiger partial charge in [0.1, 0.15) is 5.56 Å². The minimum absolute atomic E-state index is 0.312. The van der Waals surface area contributed by atoms with Crippen LogP contribution in [0.2, 0.25) is 0 Å². The normalized spacial score (nSPS) is 10.0. The molecule has 21 heavy (non-hydrogen) atoms. The number of rotatable bonds is 4. The predicted molar refractivity (Wildman–Crippen MR) is 83.9 cm³/mol. The number of benzene rings is 1. The van der Waals surface area contributed by atoms with Gasteiger partial charge in [-0.05, 0) is 25.8 Å². The van der Waals surface area contributed by atoms with Crippen molar-refractivity contribution in [1.29, 1.82) is 0 Å². The lowest BCUT2D eigenvalue weighted by atomic mass is 10.0. The third-order valence-electron chi connectivity index (χ3n) is 3.21. The van der Waals surface area contributed by atoms with Crippen LogP contribution < -0.4 is 5.73 Å². The topological polar surface area (TPSA) is 65.2 Å². The molecule has 4 heteroatoms. The van der Waals surface area contributed by atoms with E-state index >= 15 is 0 Å². The molecule has 0 amide bonds. The molecule has 2 rings (SSSR count). The molecule has 0 aliphatic carbocycles. The van der Waals surface area contributed by atoms with Crippen molar-refractivity contribution >= 4 is 22.6 Å². The number of aromatic nitrogens is 1. The summed E-state index contributed by atoms with van der Waals surface area (Å²) in [5, 5.41) is 0.780. The van der Waals surface area contributed by atoms with Crippen LogP contribution in [0.25, 0.3) is 10.9 Å². The molecule has 4 nitrogen and oxygen atoms in total. The Balaban J connectivity index is 2.46. The van der Waals surface area contributed by atoms with Gasteiger partial charge in [0.15, 0.2) is 0 Å². The molecule has 0 saturated heterocycles. The first kappa shape index (κ1) is 14.9. The minimum atomic E-state index is -0.438. The van der Waals surface area contributed by atoms with E-state index in [1.54, 1.807) is 6.92 Å². The SMILES string of the molecule is CC#CCCc1cccc2c(N)c(C(=O)OCC)cnc12. The van der Waals surface area contributed by atoms with Crippen LogP contribution in [0.15, 0.2) is 24.4 Å². The number of para-hydroxylation sites is 1. The highest BCUT2D eigenvalue weighted by Crippen LogP contribution is 2.26. The lowest BCUT2D eigenvalue weighted by Gasteiger charge is -2.10. The van der Waals surface area contributed by atoms with Crippen LogP contribution in [0.3, 0.4) is 0 Å². The summed E-state index contributed by atoms with van der Waals surface area (Å²) in [6, 6.07) is 5.80. The Hall–Kier alpha value is -2.54. The lowest BCUT2D eigenvalue weighted by Crippen LogP contribution is -2.09. The largest absolute Gasteiger partial charge is 0.462 e. The van der Waals surface area contributed by atoms with Crippen molar-refractivity contribution in [2.45, 2.75) is 26.7 Å². The van der Waals surface area contributed by atoms with Gasteiger partial charge in [-0.2, -0.15) is 0 Å². The molecule has 0 aliphatic heterocycles. The molecule has 2 aromatic rings. The van der Waals surface area contributed by atoms with Gasteiger partial charge in [-0.3, -0.25) is 4.98 Å². The molecule has 0 aliphatic rings. The maximum Gasteiger partial charge on any atom is 0.341 e. The second kappa shape index (κ2) is 6.76. The van der Waals surface area contributed by atoms with Gasteiger partial charge in [0.2, 0.25) is 0 Å². The predicted octanol–water partition coefficient (Wildman–Crippen LogP) is 2.95. The van der Waals surface area contributed by atoms with E-state index in [0.29, 0.717) is 17.9 Å². The zero-order valence-corrected chi connectivity index (χ0v) is 12.3. The van der Waals surface area contributed by atoms with Gasteiger partial charge < -0.3 is 10.5 Å². The van der Waals surface area contributed by atoms with Crippen LogP contribution in [-0.4, -0.2) is 17.6 Å². The van der Waals surface area contributed by atoms with Crippen LogP contribution in [0.5, 0.6) is 0 Å². The number of ether oxygens (including phenoxy) is 1. The number of nitrogen functional groups attached to an aromatic ring is 1. The Morgan fingerprint density at radius 3 is 2.95 bits per heavy atom. The number of nitrogens with zero attached hydrogens (tertiary/aromatic N) is 1. The highest BCUT2D eigenvalue weighted by atomic mass is 16.5. The number of carbonyl (C=O) groups excluding carboxylic acids is 1. The van der Waals surface area contributed by atoms with Gasteiger partial charge in [-0.15, -0.1) is 11.8 Å². The van der Waals surface area contributed by atoms with Crippen molar-refractivity contribution < 1.29 is 9.53 Å². The average Bonchev–Trinajstić information content (AvgIpc) is 2.48. The van der Waals surface area contributed by atoms with Crippen LogP contribution in [0, 0.1) is 11.8 Å². The van der Waals surface area contributed by atoms with Gasteiger partial charge in [-0.25, -0.2) is 4.79 Å². The Morgan fingerprint density at radius 2 is 2.24 bits per heavy atom. The summed E-state index contributed by atoms with van der Waals surface area (Å²) in [5.41, 5.74) is 8.74. The first-order valence-electron chi connectivity index (χ1n) is 6.91. The third kappa shape index (κ3) is 3.14. The molecule has 0 spiro atoms. The Bertz CT molecular complexity index is 727. The second-order valence-electron chi connectivity index (χ2n) is 4.55. The van der Waals surface area contributed by atoms with Gasteiger partial charge >= 0.3 is 5.97 Å². The zero-order chi connectivity index (χ0) is 15.2. The van der Waals surface area contributed by atoms with Crippen molar-refractivity contribution in [3.63, 3.8) is 0 Å². The van der Waals surface area contributed by atoms with Gasteiger partial charge in [0.25, 0.3) is 0 Å². The Labute approximate surface area is 124 Å². The van der Waals surface area contributed by atoms with Crippen molar-refractivity contribution in [1.82, 2.24) is 4.98 Å². The van der Waals surface area contributed by atoms with Gasteiger partial charge in [0.05, 0.1) is 17.8 Å². The highest BCUT2D eigenvalue weighted by Gasteiger charge is 2.15. The smallest absolute Gasteiger partial charge is 0.341 e. The van der Waals surface area contributed by atoms with Crippen molar-refractivity contribution in [3.8, 4) is 11.8 Å². The van der Waals surface area contributed by atoms with Crippen molar-refractivity contribution in [2.24, 2.45) is 0 Å². The van der Waals surface area contributed by atoms with E-state index in [1.165, 1.54) is 6.20 Å². The Kier molecular flexibility index (Phi) is 4.78. The fraction of sp³-hybridized carbons (Fsp3) is 0.294. The summed E-state index contributed by atoms with van der Waals surface area (Å²) in [6.07, 6.45) is 3.07. The van der Waals surface area contributed by atoms with E-state index < -0.39 is 5.97 Å². The molecule has 108 valence electrons. The molecule has 1 aromatic carbocycles. The molecule has 0 radical (unpaired) electrons. The first-order chi connectivity index (χ1) is 10.2. The summed E-state index contributed by atoms with van der Waals surface area (Å²) in [7, 11) is 0. The highest BCUT2D eigenvalue weighted by molar-refractivity contribution is 6.04. The fourth-order valence-electron chi connectivity index (χ4n) is 2.20. The molecule has 2 N–H and O–H groups in total. The quantitative estimate of drug-likeness (QED) is 0.691. The third-order valence-corrected chi connectivity index (χ3v) is 3.21. The molecule has 0 unspecified atom stereocenters. The Morgan fingerprint density at radius 1 is 1.43 bits per heavy atom. The monoisotopic (exact) mass is 282 g/mol.